The molecule has 1 fully saturated rings. The van der Waals surface area contributed by atoms with Crippen LogP contribution in [0, 0.1) is 11.3 Å². The number of halogens is 3. The Morgan fingerprint density at radius 1 is 1.03 bits per heavy atom. The SMILES string of the molecule is CC(C)(C)OC(=O)N1CCC(C2(c3ccc(C(F)(F)F)cc3)Cc3ccccc3C2=N)CC1. The topological polar surface area (TPSA) is 53.4 Å². The molecule has 1 unspecified atom stereocenters. The molecule has 176 valence electrons. The number of amides is 1. The Labute approximate surface area is 192 Å². The second kappa shape index (κ2) is 8.19. The first-order chi connectivity index (χ1) is 15.4. The molecule has 1 amide bonds. The predicted octanol–water partition coefficient (Wildman–Crippen LogP) is 6.21. The zero-order valence-electron chi connectivity index (χ0n) is 19.1. The van der Waals surface area contributed by atoms with E-state index in [-0.39, 0.29) is 12.0 Å². The number of nitrogens with one attached hydrogen (secondary N) is 1. The van der Waals surface area contributed by atoms with Crippen LogP contribution >= 0.6 is 0 Å². The lowest BCUT2D eigenvalue weighted by molar-refractivity contribution is -0.137. The Morgan fingerprint density at radius 2 is 1.64 bits per heavy atom. The van der Waals surface area contributed by atoms with Crippen molar-refractivity contribution in [2.75, 3.05) is 13.1 Å². The van der Waals surface area contributed by atoms with Crippen LogP contribution in [0.2, 0.25) is 0 Å². The van der Waals surface area contributed by atoms with Crippen LogP contribution in [0.1, 0.15) is 55.9 Å². The van der Waals surface area contributed by atoms with Crippen LogP contribution in [0.15, 0.2) is 48.5 Å². The van der Waals surface area contributed by atoms with Gasteiger partial charge in [-0.25, -0.2) is 4.79 Å². The number of rotatable bonds is 2. The summed E-state index contributed by atoms with van der Waals surface area (Å²) in [7, 11) is 0. The van der Waals surface area contributed by atoms with Crippen LogP contribution in [-0.4, -0.2) is 35.4 Å². The van der Waals surface area contributed by atoms with Gasteiger partial charge in [0, 0.05) is 18.5 Å². The van der Waals surface area contributed by atoms with E-state index in [9.17, 15) is 18.0 Å². The Hall–Kier alpha value is -2.83. The zero-order chi connectivity index (χ0) is 24.0. The lowest BCUT2D eigenvalue weighted by atomic mass is 9.64. The first-order valence-corrected chi connectivity index (χ1v) is 11.2. The molecule has 1 heterocycles. The highest BCUT2D eigenvalue weighted by molar-refractivity contribution is 6.10. The number of hydrogen-bond donors (Lipinski definition) is 1. The standard InChI is InChI=1S/C26H29F3N2O2/c1-24(2,3)33-23(32)31-14-12-19(13-15-31)25(16-17-6-4-5-7-21(17)22(25)30)18-8-10-20(11-9-18)26(27,28)29/h4-11,19,30H,12-16H2,1-3H3. The molecule has 1 atom stereocenters. The van der Waals surface area contributed by atoms with Crippen LogP contribution in [0.5, 0.6) is 0 Å². The van der Waals surface area contributed by atoms with Gasteiger partial charge in [0.05, 0.1) is 11.3 Å². The van der Waals surface area contributed by atoms with E-state index in [0.717, 1.165) is 28.8 Å². The fraction of sp³-hybridized carbons (Fsp3) is 0.462. The van der Waals surface area contributed by atoms with Crippen LogP contribution < -0.4 is 0 Å². The lowest BCUT2D eigenvalue weighted by Gasteiger charge is -2.43. The van der Waals surface area contributed by atoms with Crippen LogP contribution in [0.3, 0.4) is 0 Å². The van der Waals surface area contributed by atoms with Gasteiger partial charge in [0.2, 0.25) is 0 Å². The molecule has 33 heavy (non-hydrogen) atoms. The third-order valence-corrected chi connectivity index (χ3v) is 6.77. The lowest BCUT2D eigenvalue weighted by Crippen LogP contribution is -2.49. The van der Waals surface area contributed by atoms with E-state index >= 15 is 0 Å². The maximum absolute atomic E-state index is 13.2. The molecule has 1 aliphatic heterocycles. The summed E-state index contributed by atoms with van der Waals surface area (Å²) in [4.78, 5) is 14.2. The summed E-state index contributed by atoms with van der Waals surface area (Å²) in [5, 5.41) is 9.11. The Morgan fingerprint density at radius 3 is 2.18 bits per heavy atom. The Kier molecular flexibility index (Phi) is 5.79. The largest absolute Gasteiger partial charge is 0.444 e. The third-order valence-electron chi connectivity index (χ3n) is 6.77. The van der Waals surface area contributed by atoms with Crippen molar-refractivity contribution < 1.29 is 22.7 Å². The highest BCUT2D eigenvalue weighted by Crippen LogP contribution is 2.49. The number of alkyl halides is 3. The van der Waals surface area contributed by atoms with Crippen molar-refractivity contribution in [1.82, 2.24) is 4.90 Å². The van der Waals surface area contributed by atoms with Gasteiger partial charge in [-0.3, -0.25) is 0 Å². The van der Waals surface area contributed by atoms with Gasteiger partial charge < -0.3 is 15.0 Å². The molecule has 0 radical (unpaired) electrons. The third kappa shape index (κ3) is 4.37. The van der Waals surface area contributed by atoms with Crippen LogP contribution in [-0.2, 0) is 22.7 Å². The van der Waals surface area contributed by atoms with Crippen molar-refractivity contribution in [2.24, 2.45) is 5.92 Å². The van der Waals surface area contributed by atoms with E-state index in [0.29, 0.717) is 38.1 Å². The molecule has 1 N–H and O–H groups in total. The van der Waals surface area contributed by atoms with E-state index in [1.165, 1.54) is 12.1 Å². The molecule has 1 aliphatic carbocycles. The number of carbonyl (C=O) groups is 1. The van der Waals surface area contributed by atoms with E-state index in [1.807, 2.05) is 45.0 Å². The van der Waals surface area contributed by atoms with Gasteiger partial charge in [-0.1, -0.05) is 36.4 Å². The average Bonchev–Trinajstić information content (AvgIpc) is 3.06. The number of fused-ring (bicyclic) bond motifs is 1. The minimum Gasteiger partial charge on any atom is -0.444 e. The summed E-state index contributed by atoms with van der Waals surface area (Å²) in [6.45, 7) is 6.47. The van der Waals surface area contributed by atoms with Crippen molar-refractivity contribution in [3.63, 3.8) is 0 Å². The summed E-state index contributed by atoms with van der Waals surface area (Å²) in [6, 6.07) is 13.0. The fourth-order valence-corrected chi connectivity index (χ4v) is 5.22. The summed E-state index contributed by atoms with van der Waals surface area (Å²) >= 11 is 0. The predicted molar refractivity (Wildman–Crippen MR) is 121 cm³/mol. The number of hydrogen-bond acceptors (Lipinski definition) is 3. The molecule has 2 aliphatic rings. The highest BCUT2D eigenvalue weighted by Gasteiger charge is 2.50. The van der Waals surface area contributed by atoms with Gasteiger partial charge in [-0.2, -0.15) is 13.2 Å². The van der Waals surface area contributed by atoms with E-state index in [2.05, 4.69) is 0 Å². The first-order valence-electron chi connectivity index (χ1n) is 11.2. The monoisotopic (exact) mass is 458 g/mol. The summed E-state index contributed by atoms with van der Waals surface area (Å²) in [5.74, 6) is 0.0211. The highest BCUT2D eigenvalue weighted by atomic mass is 19.4. The van der Waals surface area contributed by atoms with Crippen molar-refractivity contribution >= 4 is 11.8 Å². The van der Waals surface area contributed by atoms with E-state index < -0.39 is 22.8 Å². The average molecular weight is 459 g/mol. The second-order valence-electron chi connectivity index (χ2n) is 10.00. The molecular formula is C26H29F3N2O2. The second-order valence-corrected chi connectivity index (χ2v) is 10.00. The van der Waals surface area contributed by atoms with Gasteiger partial charge in [-0.05, 0) is 74.8 Å². The van der Waals surface area contributed by atoms with Crippen molar-refractivity contribution in [3.8, 4) is 0 Å². The van der Waals surface area contributed by atoms with Crippen LogP contribution in [0.4, 0.5) is 18.0 Å². The summed E-state index contributed by atoms with van der Waals surface area (Å²) < 4.78 is 45.1. The number of carbonyl (C=O) groups excluding carboxylic acids is 1. The zero-order valence-corrected chi connectivity index (χ0v) is 19.1. The minimum absolute atomic E-state index is 0.0211. The van der Waals surface area contributed by atoms with Gasteiger partial charge in [0.25, 0.3) is 0 Å². The number of likely N-dealkylation sites (tertiary alicyclic amines) is 1. The van der Waals surface area contributed by atoms with Gasteiger partial charge in [0.15, 0.2) is 0 Å². The maximum Gasteiger partial charge on any atom is 0.416 e. The Bertz CT molecular complexity index is 1050. The minimum atomic E-state index is -4.41. The smallest absolute Gasteiger partial charge is 0.416 e. The van der Waals surface area contributed by atoms with Crippen LogP contribution in [0.25, 0.3) is 0 Å². The summed E-state index contributed by atoms with van der Waals surface area (Å²) in [6.07, 6.45) is -2.89. The van der Waals surface area contributed by atoms with Gasteiger partial charge in [0.1, 0.15) is 5.60 Å². The number of piperidine rings is 1. The molecule has 4 nitrogen and oxygen atoms in total. The molecule has 7 heteroatoms. The van der Waals surface area contributed by atoms with Crippen molar-refractivity contribution in [1.29, 1.82) is 5.41 Å². The van der Waals surface area contributed by atoms with Crippen molar-refractivity contribution in [2.45, 2.75) is 57.2 Å². The maximum atomic E-state index is 13.2. The quantitative estimate of drug-likeness (QED) is 0.581. The molecule has 1 saturated heterocycles. The number of nitrogens with zero attached hydrogens (tertiary/aromatic N) is 1. The Balaban J connectivity index is 1.65. The van der Waals surface area contributed by atoms with Gasteiger partial charge >= 0.3 is 12.3 Å². The number of benzene rings is 2. The van der Waals surface area contributed by atoms with Gasteiger partial charge in [-0.15, -0.1) is 0 Å². The van der Waals surface area contributed by atoms with E-state index in [4.69, 9.17) is 10.1 Å². The molecule has 2 aromatic rings. The molecule has 0 aromatic heterocycles. The molecule has 4 rings (SSSR count). The number of ether oxygens (including phenoxy) is 1. The van der Waals surface area contributed by atoms with Crippen molar-refractivity contribution in [3.05, 3.63) is 70.8 Å². The molecular weight excluding hydrogens is 429 g/mol. The normalized spacial score (nSPS) is 21.8. The first kappa shape index (κ1) is 23.3. The summed E-state index contributed by atoms with van der Waals surface area (Å²) in [5.41, 5.74) is 1.09. The molecule has 0 saturated carbocycles. The molecule has 2 aromatic carbocycles. The molecule has 0 spiro atoms. The molecule has 0 bridgehead atoms. The fourth-order valence-electron chi connectivity index (χ4n) is 5.22. The van der Waals surface area contributed by atoms with E-state index in [1.54, 1.807) is 4.90 Å².